The summed E-state index contributed by atoms with van der Waals surface area (Å²) in [5.74, 6) is 1.83. The van der Waals surface area contributed by atoms with Gasteiger partial charge >= 0.3 is 0 Å². The molecular formula is C15H21Br. The van der Waals surface area contributed by atoms with Crippen molar-refractivity contribution >= 4 is 15.9 Å². The Morgan fingerprint density at radius 3 is 2.44 bits per heavy atom. The van der Waals surface area contributed by atoms with E-state index in [9.17, 15) is 0 Å². The summed E-state index contributed by atoms with van der Waals surface area (Å²) in [6.45, 7) is 0. The second-order valence-corrected chi connectivity index (χ2v) is 5.74. The summed E-state index contributed by atoms with van der Waals surface area (Å²) in [5, 5.41) is 1.15. The molecule has 0 spiro atoms. The third-order valence-electron chi connectivity index (χ3n) is 3.73. The Balaban J connectivity index is 1.85. The van der Waals surface area contributed by atoms with Crippen LogP contribution in [0.5, 0.6) is 0 Å². The molecule has 16 heavy (non-hydrogen) atoms. The first-order chi connectivity index (χ1) is 7.88. The van der Waals surface area contributed by atoms with Gasteiger partial charge < -0.3 is 0 Å². The van der Waals surface area contributed by atoms with E-state index in [-0.39, 0.29) is 0 Å². The molecule has 0 N–H and O–H groups in total. The van der Waals surface area contributed by atoms with Gasteiger partial charge in [-0.1, -0.05) is 71.9 Å². The van der Waals surface area contributed by atoms with Crippen molar-refractivity contribution in [3.8, 4) is 0 Å². The zero-order valence-electron chi connectivity index (χ0n) is 9.87. The van der Waals surface area contributed by atoms with Crippen molar-refractivity contribution in [3.05, 3.63) is 35.9 Å². The van der Waals surface area contributed by atoms with Crippen molar-refractivity contribution in [2.75, 3.05) is 5.33 Å². The van der Waals surface area contributed by atoms with Crippen LogP contribution >= 0.6 is 15.9 Å². The number of alkyl halides is 1. The lowest BCUT2D eigenvalue weighted by atomic mass is 9.90. The van der Waals surface area contributed by atoms with Crippen LogP contribution in [0.15, 0.2) is 30.3 Å². The lowest BCUT2D eigenvalue weighted by Gasteiger charge is -2.18. The second kappa shape index (κ2) is 6.44. The highest BCUT2D eigenvalue weighted by Crippen LogP contribution is 2.32. The first-order valence-corrected chi connectivity index (χ1v) is 7.60. The largest absolute Gasteiger partial charge is 0.0925 e. The molecule has 1 saturated carbocycles. The number of rotatable bonds is 5. The topological polar surface area (TPSA) is 0 Å². The van der Waals surface area contributed by atoms with Crippen molar-refractivity contribution in [3.63, 3.8) is 0 Å². The third-order valence-corrected chi connectivity index (χ3v) is 4.64. The molecule has 0 radical (unpaired) electrons. The summed E-state index contributed by atoms with van der Waals surface area (Å²) in [4.78, 5) is 0. The molecule has 1 aliphatic carbocycles. The van der Waals surface area contributed by atoms with Gasteiger partial charge in [-0.3, -0.25) is 0 Å². The highest BCUT2D eigenvalue weighted by atomic mass is 79.9. The van der Waals surface area contributed by atoms with E-state index in [1.165, 1.54) is 44.1 Å². The second-order valence-electron chi connectivity index (χ2n) is 5.10. The maximum atomic E-state index is 3.68. The van der Waals surface area contributed by atoms with Gasteiger partial charge in [0.15, 0.2) is 0 Å². The summed E-state index contributed by atoms with van der Waals surface area (Å²) >= 11 is 3.68. The molecule has 88 valence electrons. The van der Waals surface area contributed by atoms with Crippen molar-refractivity contribution in [1.82, 2.24) is 0 Å². The fraction of sp³-hybridized carbons (Fsp3) is 0.600. The van der Waals surface area contributed by atoms with Crippen LogP contribution < -0.4 is 0 Å². The van der Waals surface area contributed by atoms with Gasteiger partial charge in [0.05, 0.1) is 0 Å². The monoisotopic (exact) mass is 280 g/mol. The fourth-order valence-electron chi connectivity index (χ4n) is 2.87. The van der Waals surface area contributed by atoms with Crippen LogP contribution in [0.1, 0.15) is 37.7 Å². The van der Waals surface area contributed by atoms with E-state index < -0.39 is 0 Å². The molecule has 1 heteroatoms. The minimum atomic E-state index is 0.825. The van der Waals surface area contributed by atoms with E-state index in [0.717, 1.165) is 17.2 Å². The zero-order chi connectivity index (χ0) is 11.2. The molecule has 1 aromatic carbocycles. The first kappa shape index (κ1) is 12.2. The van der Waals surface area contributed by atoms with Gasteiger partial charge in [-0.05, 0) is 30.2 Å². The molecule has 1 aliphatic rings. The van der Waals surface area contributed by atoms with Crippen LogP contribution in [0.3, 0.4) is 0 Å². The summed E-state index contributed by atoms with van der Waals surface area (Å²) in [7, 11) is 0. The minimum Gasteiger partial charge on any atom is -0.0925 e. The molecule has 1 unspecified atom stereocenters. The quantitative estimate of drug-likeness (QED) is 0.679. The standard InChI is InChI=1S/C15H21Br/c16-12-15(11-14-8-4-5-9-14)10-13-6-2-1-3-7-13/h1-3,6-7,14-15H,4-5,8-12H2. The Morgan fingerprint density at radius 1 is 1.12 bits per heavy atom. The molecule has 0 heterocycles. The summed E-state index contributed by atoms with van der Waals surface area (Å²) in [5.41, 5.74) is 1.49. The SMILES string of the molecule is BrCC(Cc1ccccc1)CC1CCCC1. The fourth-order valence-corrected chi connectivity index (χ4v) is 3.36. The molecule has 0 amide bonds. The average Bonchev–Trinajstić information content (AvgIpc) is 2.82. The Bertz CT molecular complexity index is 288. The summed E-state index contributed by atoms with van der Waals surface area (Å²) in [6.07, 6.45) is 8.52. The van der Waals surface area contributed by atoms with Crippen molar-refractivity contribution in [1.29, 1.82) is 0 Å². The Kier molecular flexibility index (Phi) is 4.90. The third kappa shape index (κ3) is 3.62. The molecule has 0 aromatic heterocycles. The molecule has 2 rings (SSSR count). The Labute approximate surface area is 108 Å². The van der Waals surface area contributed by atoms with Crippen LogP contribution in [0.2, 0.25) is 0 Å². The van der Waals surface area contributed by atoms with Crippen molar-refractivity contribution in [2.24, 2.45) is 11.8 Å². The van der Waals surface area contributed by atoms with Crippen LogP contribution in [0.4, 0.5) is 0 Å². The van der Waals surface area contributed by atoms with E-state index in [4.69, 9.17) is 0 Å². The van der Waals surface area contributed by atoms with E-state index in [0.29, 0.717) is 0 Å². The summed E-state index contributed by atoms with van der Waals surface area (Å²) < 4.78 is 0. The van der Waals surface area contributed by atoms with Gasteiger partial charge in [-0.25, -0.2) is 0 Å². The molecule has 1 aromatic rings. The molecule has 0 bridgehead atoms. The zero-order valence-corrected chi connectivity index (χ0v) is 11.5. The molecule has 0 aliphatic heterocycles. The maximum absolute atomic E-state index is 3.68. The predicted molar refractivity (Wildman–Crippen MR) is 74.0 cm³/mol. The molecule has 1 atom stereocenters. The van der Waals surface area contributed by atoms with Gasteiger partial charge in [0.2, 0.25) is 0 Å². The van der Waals surface area contributed by atoms with Gasteiger partial charge in [0.25, 0.3) is 0 Å². The summed E-state index contributed by atoms with van der Waals surface area (Å²) in [6, 6.07) is 10.9. The lowest BCUT2D eigenvalue weighted by molar-refractivity contribution is 0.402. The molecule has 0 saturated heterocycles. The predicted octanol–water partition coefficient (Wildman–Crippen LogP) is 4.82. The number of hydrogen-bond donors (Lipinski definition) is 0. The maximum Gasteiger partial charge on any atom is 0.00629 e. The van der Waals surface area contributed by atoms with Crippen LogP contribution in [-0.2, 0) is 6.42 Å². The number of benzene rings is 1. The Hall–Kier alpha value is -0.300. The van der Waals surface area contributed by atoms with Gasteiger partial charge in [-0.2, -0.15) is 0 Å². The van der Waals surface area contributed by atoms with Gasteiger partial charge in [0.1, 0.15) is 0 Å². The molecular weight excluding hydrogens is 260 g/mol. The normalized spacial score (nSPS) is 18.8. The van der Waals surface area contributed by atoms with E-state index in [1.54, 1.807) is 0 Å². The molecule has 1 fully saturated rings. The molecule has 0 nitrogen and oxygen atoms in total. The average molecular weight is 281 g/mol. The van der Waals surface area contributed by atoms with E-state index in [1.807, 2.05) is 0 Å². The van der Waals surface area contributed by atoms with Gasteiger partial charge in [0, 0.05) is 5.33 Å². The van der Waals surface area contributed by atoms with Crippen LogP contribution in [0.25, 0.3) is 0 Å². The van der Waals surface area contributed by atoms with E-state index in [2.05, 4.69) is 46.3 Å². The highest BCUT2D eigenvalue weighted by Gasteiger charge is 2.19. The smallest absolute Gasteiger partial charge is 0.00629 e. The first-order valence-electron chi connectivity index (χ1n) is 6.48. The van der Waals surface area contributed by atoms with Gasteiger partial charge in [-0.15, -0.1) is 0 Å². The number of halogens is 1. The minimum absolute atomic E-state index is 0.825. The van der Waals surface area contributed by atoms with E-state index >= 15 is 0 Å². The number of hydrogen-bond acceptors (Lipinski definition) is 0. The Morgan fingerprint density at radius 2 is 1.81 bits per heavy atom. The van der Waals surface area contributed by atoms with Crippen molar-refractivity contribution < 1.29 is 0 Å². The highest BCUT2D eigenvalue weighted by molar-refractivity contribution is 9.09. The van der Waals surface area contributed by atoms with Crippen LogP contribution in [-0.4, -0.2) is 5.33 Å². The lowest BCUT2D eigenvalue weighted by Crippen LogP contribution is -2.11. The van der Waals surface area contributed by atoms with Crippen LogP contribution in [0, 0.1) is 11.8 Å². The van der Waals surface area contributed by atoms with Crippen molar-refractivity contribution in [2.45, 2.75) is 38.5 Å².